The van der Waals surface area contributed by atoms with E-state index in [1.165, 1.54) is 41.4 Å². The molecule has 0 saturated carbocycles. The summed E-state index contributed by atoms with van der Waals surface area (Å²) in [5.41, 5.74) is 2.85. The van der Waals surface area contributed by atoms with Crippen LogP contribution in [0.5, 0.6) is 0 Å². The van der Waals surface area contributed by atoms with Crippen LogP contribution in [-0.4, -0.2) is 37.6 Å². The summed E-state index contributed by atoms with van der Waals surface area (Å²) in [6.07, 6.45) is 2.43. The number of aryl methyl sites for hydroxylation is 1. The van der Waals surface area contributed by atoms with Crippen LogP contribution in [0.2, 0.25) is 0 Å². The molecule has 25 heavy (non-hydrogen) atoms. The first kappa shape index (κ1) is 16.2. The molecule has 2 heteroatoms. The Bertz CT molecular complexity index is 799. The molecule has 3 aromatic carbocycles. The first-order valence-corrected chi connectivity index (χ1v) is 9.39. The average Bonchev–Trinajstić information content (AvgIpc) is 2.69. The Kier molecular flexibility index (Phi) is 4.98. The van der Waals surface area contributed by atoms with Gasteiger partial charge in [-0.2, -0.15) is 0 Å². The van der Waals surface area contributed by atoms with E-state index in [4.69, 9.17) is 0 Å². The van der Waals surface area contributed by atoms with Crippen molar-refractivity contribution in [1.29, 1.82) is 0 Å². The van der Waals surface area contributed by atoms with E-state index in [1.807, 2.05) is 0 Å². The van der Waals surface area contributed by atoms with Crippen LogP contribution in [0.15, 0.2) is 72.8 Å². The van der Waals surface area contributed by atoms with Gasteiger partial charge in [0.25, 0.3) is 0 Å². The Morgan fingerprint density at radius 3 is 2.24 bits per heavy atom. The molecule has 1 saturated heterocycles. The molecule has 0 atom stereocenters. The summed E-state index contributed by atoms with van der Waals surface area (Å²) in [6.45, 7) is 5.78. The van der Waals surface area contributed by atoms with Gasteiger partial charge in [0.1, 0.15) is 0 Å². The summed E-state index contributed by atoms with van der Waals surface area (Å²) in [7, 11) is 0. The lowest BCUT2D eigenvalue weighted by molar-refractivity contribution is 0.255. The summed E-state index contributed by atoms with van der Waals surface area (Å²) in [4.78, 5) is 5.17. The lowest BCUT2D eigenvalue weighted by Gasteiger charge is -2.36. The summed E-state index contributed by atoms with van der Waals surface area (Å²) in [5, 5.41) is 2.72. The van der Waals surface area contributed by atoms with Crippen molar-refractivity contribution in [2.24, 2.45) is 0 Å². The van der Waals surface area contributed by atoms with Gasteiger partial charge < -0.3 is 4.90 Å². The molecule has 1 aliphatic heterocycles. The van der Waals surface area contributed by atoms with E-state index in [0.29, 0.717) is 0 Å². The maximum Gasteiger partial charge on any atom is 0.0446 e. The van der Waals surface area contributed by atoms with Crippen molar-refractivity contribution in [1.82, 2.24) is 4.90 Å². The SMILES string of the molecule is c1ccc(CCCN2CCN(c3cccc4ccccc34)CC2)cc1. The minimum Gasteiger partial charge on any atom is -0.368 e. The van der Waals surface area contributed by atoms with E-state index in [2.05, 4.69) is 82.6 Å². The van der Waals surface area contributed by atoms with Crippen molar-refractivity contribution in [3.05, 3.63) is 78.4 Å². The Balaban J connectivity index is 1.32. The maximum atomic E-state index is 2.62. The number of nitrogens with zero attached hydrogens (tertiary/aromatic N) is 2. The smallest absolute Gasteiger partial charge is 0.0446 e. The molecule has 1 fully saturated rings. The topological polar surface area (TPSA) is 6.48 Å². The van der Waals surface area contributed by atoms with Gasteiger partial charge in [0.05, 0.1) is 0 Å². The molecule has 3 aromatic rings. The maximum absolute atomic E-state index is 2.62. The second kappa shape index (κ2) is 7.71. The number of hydrogen-bond acceptors (Lipinski definition) is 2. The number of benzene rings is 3. The molecule has 0 radical (unpaired) electrons. The molecule has 0 N–H and O–H groups in total. The summed E-state index contributed by atoms with van der Waals surface area (Å²) < 4.78 is 0. The zero-order valence-electron chi connectivity index (χ0n) is 14.8. The van der Waals surface area contributed by atoms with Gasteiger partial charge in [-0.3, -0.25) is 4.90 Å². The summed E-state index contributed by atoms with van der Waals surface area (Å²) in [5.74, 6) is 0. The number of anilines is 1. The van der Waals surface area contributed by atoms with E-state index in [-0.39, 0.29) is 0 Å². The highest BCUT2D eigenvalue weighted by Gasteiger charge is 2.18. The highest BCUT2D eigenvalue weighted by Crippen LogP contribution is 2.27. The molecule has 0 amide bonds. The van der Waals surface area contributed by atoms with Crippen LogP contribution >= 0.6 is 0 Å². The highest BCUT2D eigenvalue weighted by atomic mass is 15.3. The van der Waals surface area contributed by atoms with E-state index in [1.54, 1.807) is 0 Å². The average molecular weight is 330 g/mol. The van der Waals surface area contributed by atoms with E-state index in [0.717, 1.165) is 26.2 Å². The fourth-order valence-corrected chi connectivity index (χ4v) is 3.85. The quantitative estimate of drug-likeness (QED) is 0.675. The lowest BCUT2D eigenvalue weighted by atomic mass is 10.1. The third kappa shape index (κ3) is 3.85. The van der Waals surface area contributed by atoms with E-state index < -0.39 is 0 Å². The van der Waals surface area contributed by atoms with Crippen LogP contribution in [0.1, 0.15) is 12.0 Å². The molecule has 128 valence electrons. The van der Waals surface area contributed by atoms with Crippen molar-refractivity contribution in [2.45, 2.75) is 12.8 Å². The molecular formula is C23H26N2. The van der Waals surface area contributed by atoms with Gasteiger partial charge in [-0.05, 0) is 36.4 Å². The van der Waals surface area contributed by atoms with Gasteiger partial charge in [0.2, 0.25) is 0 Å². The first-order valence-electron chi connectivity index (χ1n) is 9.39. The van der Waals surface area contributed by atoms with Gasteiger partial charge in [0, 0.05) is 37.3 Å². The molecule has 0 aromatic heterocycles. The Morgan fingerprint density at radius 1 is 0.680 bits per heavy atom. The van der Waals surface area contributed by atoms with Gasteiger partial charge in [-0.25, -0.2) is 0 Å². The predicted octanol–water partition coefficient (Wildman–Crippen LogP) is 4.59. The van der Waals surface area contributed by atoms with Crippen molar-refractivity contribution in [3.63, 3.8) is 0 Å². The Morgan fingerprint density at radius 2 is 1.40 bits per heavy atom. The van der Waals surface area contributed by atoms with Crippen LogP contribution in [0.25, 0.3) is 10.8 Å². The molecule has 1 aliphatic rings. The van der Waals surface area contributed by atoms with Crippen LogP contribution in [0.3, 0.4) is 0 Å². The predicted molar refractivity (Wildman–Crippen MR) is 107 cm³/mol. The van der Waals surface area contributed by atoms with Crippen molar-refractivity contribution < 1.29 is 0 Å². The number of hydrogen-bond donors (Lipinski definition) is 0. The fourth-order valence-electron chi connectivity index (χ4n) is 3.85. The fraction of sp³-hybridized carbons (Fsp3) is 0.304. The van der Waals surface area contributed by atoms with Crippen molar-refractivity contribution >= 4 is 16.5 Å². The standard InChI is InChI=1S/C23H26N2/c1-2-8-20(9-3-1)10-7-15-24-16-18-25(19-17-24)23-14-6-12-21-11-4-5-13-22(21)23/h1-6,8-9,11-14H,7,10,15-19H2. The molecule has 1 heterocycles. The van der Waals surface area contributed by atoms with Crippen molar-refractivity contribution in [3.8, 4) is 0 Å². The number of piperazine rings is 1. The van der Waals surface area contributed by atoms with Gasteiger partial charge >= 0.3 is 0 Å². The summed E-state index contributed by atoms with van der Waals surface area (Å²) >= 11 is 0. The summed E-state index contributed by atoms with van der Waals surface area (Å²) in [6, 6.07) is 26.2. The number of rotatable bonds is 5. The second-order valence-electron chi connectivity index (χ2n) is 6.92. The normalized spacial score (nSPS) is 15.6. The molecule has 0 spiro atoms. The molecule has 0 bridgehead atoms. The Labute approximate surface area is 150 Å². The molecular weight excluding hydrogens is 304 g/mol. The highest BCUT2D eigenvalue weighted by molar-refractivity contribution is 5.94. The lowest BCUT2D eigenvalue weighted by Crippen LogP contribution is -2.46. The molecule has 4 rings (SSSR count). The van der Waals surface area contributed by atoms with E-state index >= 15 is 0 Å². The van der Waals surface area contributed by atoms with Gasteiger partial charge in [-0.1, -0.05) is 66.7 Å². The third-order valence-electron chi connectivity index (χ3n) is 5.26. The van der Waals surface area contributed by atoms with Crippen LogP contribution in [-0.2, 0) is 6.42 Å². The zero-order chi connectivity index (χ0) is 16.9. The van der Waals surface area contributed by atoms with Crippen LogP contribution < -0.4 is 4.90 Å². The van der Waals surface area contributed by atoms with Gasteiger partial charge in [0.15, 0.2) is 0 Å². The Hall–Kier alpha value is -2.32. The zero-order valence-corrected chi connectivity index (χ0v) is 14.8. The third-order valence-corrected chi connectivity index (χ3v) is 5.26. The molecule has 2 nitrogen and oxygen atoms in total. The second-order valence-corrected chi connectivity index (χ2v) is 6.92. The minimum absolute atomic E-state index is 1.12. The molecule has 0 unspecified atom stereocenters. The van der Waals surface area contributed by atoms with Gasteiger partial charge in [-0.15, -0.1) is 0 Å². The molecule has 0 aliphatic carbocycles. The minimum atomic E-state index is 1.12. The first-order chi connectivity index (χ1) is 12.4. The van der Waals surface area contributed by atoms with Crippen LogP contribution in [0, 0.1) is 0 Å². The van der Waals surface area contributed by atoms with E-state index in [9.17, 15) is 0 Å². The number of fused-ring (bicyclic) bond motifs is 1. The monoisotopic (exact) mass is 330 g/mol. The van der Waals surface area contributed by atoms with Crippen LogP contribution in [0.4, 0.5) is 5.69 Å². The van der Waals surface area contributed by atoms with Crippen molar-refractivity contribution in [2.75, 3.05) is 37.6 Å². The largest absolute Gasteiger partial charge is 0.368 e.